The number of hydroxylamine groups is 1. The van der Waals surface area contributed by atoms with Crippen molar-refractivity contribution >= 4 is 12.1 Å². The molecule has 0 fully saturated rings. The number of amidine groups is 1. The molecule has 0 amide bonds. The van der Waals surface area contributed by atoms with E-state index in [9.17, 15) is 4.79 Å². The third-order valence-electron chi connectivity index (χ3n) is 1.02. The molecular weight excluding hydrogens is 108 g/mol. The van der Waals surface area contributed by atoms with Crippen LogP contribution in [0.15, 0.2) is 0 Å². The van der Waals surface area contributed by atoms with E-state index >= 15 is 0 Å². The van der Waals surface area contributed by atoms with E-state index in [1.807, 2.05) is 0 Å². The molecule has 0 aromatic heterocycles. The number of aldehydes is 1. The van der Waals surface area contributed by atoms with E-state index in [4.69, 9.17) is 5.21 Å². The molecule has 0 unspecified atom stereocenters. The standard InChI is InChI=1S/C4H6N2O2/c7-3-4-5-1-2-6(4)8/h3,8H,1-2H2/p+1. The first-order valence-electron chi connectivity index (χ1n) is 2.37. The zero-order chi connectivity index (χ0) is 5.98. The number of nitrogens with zero attached hydrogens (tertiary/aromatic N) is 1. The minimum Gasteiger partial charge on any atom is -0.355 e. The van der Waals surface area contributed by atoms with Gasteiger partial charge < -0.3 is 5.21 Å². The van der Waals surface area contributed by atoms with E-state index in [2.05, 4.69) is 5.32 Å². The summed E-state index contributed by atoms with van der Waals surface area (Å²) in [5.74, 6) is 0.255. The van der Waals surface area contributed by atoms with E-state index in [0.717, 1.165) is 4.74 Å². The molecule has 1 rings (SSSR count). The molecule has 0 spiro atoms. The highest BCUT2D eigenvalue weighted by Gasteiger charge is 2.18. The van der Waals surface area contributed by atoms with Crippen molar-refractivity contribution in [3.63, 3.8) is 0 Å². The third-order valence-corrected chi connectivity index (χ3v) is 1.02. The molecule has 0 atom stereocenters. The molecule has 4 nitrogen and oxygen atoms in total. The topological polar surface area (TPSA) is 52.3 Å². The average molecular weight is 115 g/mol. The van der Waals surface area contributed by atoms with Gasteiger partial charge in [-0.2, -0.15) is 0 Å². The van der Waals surface area contributed by atoms with E-state index in [0.29, 0.717) is 19.4 Å². The minimum atomic E-state index is 0.255. The lowest BCUT2D eigenvalue weighted by Gasteiger charge is -1.81. The van der Waals surface area contributed by atoms with Crippen LogP contribution in [0.3, 0.4) is 0 Å². The SMILES string of the molecule is O=CC1=[N+](O)CCN1. The molecule has 4 heteroatoms. The molecule has 0 radical (unpaired) electrons. The molecule has 0 aliphatic carbocycles. The highest BCUT2D eigenvalue weighted by atomic mass is 16.5. The lowest BCUT2D eigenvalue weighted by atomic mass is 10.7. The lowest BCUT2D eigenvalue weighted by Crippen LogP contribution is -2.22. The first-order valence-corrected chi connectivity index (χ1v) is 2.37. The van der Waals surface area contributed by atoms with E-state index in [1.54, 1.807) is 0 Å². The van der Waals surface area contributed by atoms with Gasteiger partial charge in [0.15, 0.2) is 6.54 Å². The van der Waals surface area contributed by atoms with Gasteiger partial charge in [0.05, 0.1) is 0 Å². The molecule has 1 heterocycles. The first-order chi connectivity index (χ1) is 3.84. The van der Waals surface area contributed by atoms with Crippen molar-refractivity contribution in [2.24, 2.45) is 0 Å². The summed E-state index contributed by atoms with van der Waals surface area (Å²) in [6.07, 6.45) is 0.590. The average Bonchev–Trinajstić information content (AvgIpc) is 2.14. The maximum absolute atomic E-state index is 9.92. The fourth-order valence-corrected chi connectivity index (χ4v) is 0.604. The Morgan fingerprint density at radius 1 is 1.88 bits per heavy atom. The number of rotatable bonds is 1. The Morgan fingerprint density at radius 2 is 2.62 bits per heavy atom. The van der Waals surface area contributed by atoms with Gasteiger partial charge in [-0.05, 0) is 0 Å². The number of carbonyl (C=O) groups is 1. The molecular formula is C4H7N2O2+. The van der Waals surface area contributed by atoms with Gasteiger partial charge in [0.2, 0.25) is 6.29 Å². The Kier molecular flexibility index (Phi) is 1.15. The third kappa shape index (κ3) is 0.641. The molecule has 0 saturated heterocycles. The van der Waals surface area contributed by atoms with Crippen LogP contribution in [0.2, 0.25) is 0 Å². The Morgan fingerprint density at radius 3 is 2.88 bits per heavy atom. The van der Waals surface area contributed by atoms with Crippen LogP contribution in [0, 0.1) is 0 Å². The highest BCUT2D eigenvalue weighted by molar-refractivity contribution is 6.24. The van der Waals surface area contributed by atoms with Crippen LogP contribution in [-0.4, -0.2) is 35.2 Å². The van der Waals surface area contributed by atoms with Crippen LogP contribution in [0.1, 0.15) is 0 Å². The fourth-order valence-electron chi connectivity index (χ4n) is 0.604. The summed E-state index contributed by atoms with van der Waals surface area (Å²) < 4.78 is 0.896. The molecule has 2 N–H and O–H groups in total. The van der Waals surface area contributed by atoms with E-state index < -0.39 is 0 Å². The van der Waals surface area contributed by atoms with Gasteiger partial charge in [-0.1, -0.05) is 4.74 Å². The van der Waals surface area contributed by atoms with E-state index in [-0.39, 0.29) is 5.84 Å². The minimum absolute atomic E-state index is 0.255. The molecule has 1 aliphatic heterocycles. The van der Waals surface area contributed by atoms with Crippen molar-refractivity contribution in [1.29, 1.82) is 0 Å². The zero-order valence-corrected chi connectivity index (χ0v) is 4.29. The largest absolute Gasteiger partial charge is 0.355 e. The normalized spacial score (nSPS) is 18.5. The van der Waals surface area contributed by atoms with Crippen LogP contribution in [0.4, 0.5) is 0 Å². The van der Waals surface area contributed by atoms with Crippen molar-refractivity contribution in [3.05, 3.63) is 0 Å². The summed E-state index contributed by atoms with van der Waals surface area (Å²) in [6, 6.07) is 0. The monoisotopic (exact) mass is 115 g/mol. The summed E-state index contributed by atoms with van der Waals surface area (Å²) in [4.78, 5) is 9.92. The quantitative estimate of drug-likeness (QED) is 0.251. The smallest absolute Gasteiger partial charge is 0.349 e. The Labute approximate surface area is 46.4 Å². The van der Waals surface area contributed by atoms with E-state index in [1.165, 1.54) is 0 Å². The Hall–Kier alpha value is -1.06. The summed E-state index contributed by atoms with van der Waals surface area (Å²) in [5, 5.41) is 11.4. The maximum Gasteiger partial charge on any atom is 0.349 e. The van der Waals surface area contributed by atoms with Gasteiger partial charge in [0.25, 0.3) is 0 Å². The van der Waals surface area contributed by atoms with Crippen LogP contribution < -0.4 is 5.32 Å². The van der Waals surface area contributed by atoms with Gasteiger partial charge in [0.1, 0.15) is 6.54 Å². The van der Waals surface area contributed by atoms with Crippen molar-refractivity contribution in [1.82, 2.24) is 5.32 Å². The van der Waals surface area contributed by atoms with Gasteiger partial charge in [-0.3, -0.25) is 10.1 Å². The van der Waals surface area contributed by atoms with Crippen molar-refractivity contribution in [2.45, 2.75) is 0 Å². The summed E-state index contributed by atoms with van der Waals surface area (Å²) >= 11 is 0. The summed E-state index contributed by atoms with van der Waals surface area (Å²) in [5.41, 5.74) is 0. The molecule has 44 valence electrons. The number of carbonyl (C=O) groups excluding carboxylic acids is 1. The van der Waals surface area contributed by atoms with Gasteiger partial charge >= 0.3 is 5.84 Å². The number of hydrogen-bond donors (Lipinski definition) is 2. The predicted molar refractivity (Wildman–Crippen MR) is 26.0 cm³/mol. The summed E-state index contributed by atoms with van der Waals surface area (Å²) in [6.45, 7) is 1.14. The maximum atomic E-state index is 9.92. The molecule has 1 aliphatic rings. The first kappa shape index (κ1) is 5.08. The van der Waals surface area contributed by atoms with Gasteiger partial charge in [-0.15, -0.1) is 0 Å². The molecule has 8 heavy (non-hydrogen) atoms. The number of hydrogen-bond acceptors (Lipinski definition) is 3. The van der Waals surface area contributed by atoms with Crippen molar-refractivity contribution in [2.75, 3.05) is 13.1 Å². The Bertz CT molecular complexity index is 141. The lowest BCUT2D eigenvalue weighted by molar-refractivity contribution is -0.767. The molecule has 0 aromatic rings. The zero-order valence-electron chi connectivity index (χ0n) is 4.29. The van der Waals surface area contributed by atoms with Crippen molar-refractivity contribution in [3.8, 4) is 0 Å². The molecule has 0 aromatic carbocycles. The highest BCUT2D eigenvalue weighted by Crippen LogP contribution is 1.77. The van der Waals surface area contributed by atoms with Gasteiger partial charge in [-0.25, -0.2) is 0 Å². The Balaban J connectivity index is 2.72. The van der Waals surface area contributed by atoms with Crippen LogP contribution in [0.25, 0.3) is 0 Å². The molecule has 0 saturated carbocycles. The number of nitrogens with one attached hydrogen (secondary N) is 1. The second-order valence-electron chi connectivity index (χ2n) is 1.55. The second-order valence-corrected chi connectivity index (χ2v) is 1.55. The molecule has 0 bridgehead atoms. The predicted octanol–water partition coefficient (Wildman–Crippen LogP) is -1.41. The van der Waals surface area contributed by atoms with Crippen LogP contribution in [-0.2, 0) is 4.79 Å². The second kappa shape index (κ2) is 1.81. The van der Waals surface area contributed by atoms with Crippen LogP contribution >= 0.6 is 0 Å². The van der Waals surface area contributed by atoms with Gasteiger partial charge in [0, 0.05) is 0 Å². The van der Waals surface area contributed by atoms with Crippen molar-refractivity contribution < 1.29 is 14.7 Å². The van der Waals surface area contributed by atoms with Crippen LogP contribution in [0.5, 0.6) is 0 Å². The fraction of sp³-hybridized carbons (Fsp3) is 0.500. The summed E-state index contributed by atoms with van der Waals surface area (Å²) in [7, 11) is 0.